The summed E-state index contributed by atoms with van der Waals surface area (Å²) in [6.45, 7) is 5.96. The topological polar surface area (TPSA) is 58.8 Å². The Kier molecular flexibility index (Phi) is 6.45. The number of amides is 1. The first-order valence-corrected chi connectivity index (χ1v) is 8.42. The molecule has 122 valence electrons. The van der Waals surface area contributed by atoms with Gasteiger partial charge in [0, 0.05) is 39.8 Å². The van der Waals surface area contributed by atoms with Crippen molar-refractivity contribution in [2.45, 2.75) is 38.5 Å². The minimum Gasteiger partial charge on any atom is -0.383 e. The second-order valence-electron chi connectivity index (χ2n) is 6.53. The summed E-state index contributed by atoms with van der Waals surface area (Å²) in [6.07, 6.45) is 6.56. The SMILES string of the molecule is COCCN1CCCN(C(=O)C2(CN)CCCCC2)CC1. The fraction of sp³-hybridized carbons (Fsp3) is 0.938. The number of nitrogens with zero attached hydrogens (tertiary/aromatic N) is 2. The molecule has 21 heavy (non-hydrogen) atoms. The van der Waals surface area contributed by atoms with Gasteiger partial charge in [0.25, 0.3) is 0 Å². The molecule has 2 aliphatic rings. The Morgan fingerprint density at radius 2 is 1.86 bits per heavy atom. The lowest BCUT2D eigenvalue weighted by Gasteiger charge is -2.38. The van der Waals surface area contributed by atoms with E-state index in [2.05, 4.69) is 9.80 Å². The van der Waals surface area contributed by atoms with E-state index in [1.807, 2.05) is 0 Å². The molecule has 1 saturated heterocycles. The number of ether oxygens (including phenoxy) is 1. The number of methoxy groups -OCH3 is 1. The van der Waals surface area contributed by atoms with Crippen LogP contribution in [-0.2, 0) is 9.53 Å². The molecule has 0 spiro atoms. The maximum absolute atomic E-state index is 13.0. The fourth-order valence-corrected chi connectivity index (χ4v) is 3.69. The van der Waals surface area contributed by atoms with Crippen LogP contribution in [0.2, 0.25) is 0 Å². The highest BCUT2D eigenvalue weighted by Gasteiger charge is 2.41. The van der Waals surface area contributed by atoms with Crippen LogP contribution in [0, 0.1) is 5.41 Å². The van der Waals surface area contributed by atoms with Gasteiger partial charge in [-0.3, -0.25) is 9.69 Å². The average Bonchev–Trinajstić information content (AvgIpc) is 2.78. The highest BCUT2D eigenvalue weighted by molar-refractivity contribution is 5.83. The van der Waals surface area contributed by atoms with Crippen LogP contribution in [-0.4, -0.2) is 68.7 Å². The molecule has 1 heterocycles. The normalized spacial score (nSPS) is 23.8. The van der Waals surface area contributed by atoms with E-state index in [9.17, 15) is 4.79 Å². The summed E-state index contributed by atoms with van der Waals surface area (Å²) >= 11 is 0. The minimum atomic E-state index is -0.264. The standard InChI is InChI=1S/C16H31N3O2/c1-21-13-12-18-8-5-9-19(11-10-18)15(20)16(14-17)6-3-2-4-7-16/h2-14,17H2,1H3. The zero-order valence-electron chi connectivity index (χ0n) is 13.5. The van der Waals surface area contributed by atoms with Crippen LogP contribution >= 0.6 is 0 Å². The number of rotatable bonds is 5. The molecule has 1 aliphatic carbocycles. The molecule has 0 aromatic heterocycles. The van der Waals surface area contributed by atoms with Gasteiger partial charge >= 0.3 is 0 Å². The summed E-state index contributed by atoms with van der Waals surface area (Å²) in [5.74, 6) is 0.318. The van der Waals surface area contributed by atoms with E-state index in [1.54, 1.807) is 7.11 Å². The van der Waals surface area contributed by atoms with Gasteiger partial charge in [0.15, 0.2) is 0 Å². The molecule has 5 heteroatoms. The van der Waals surface area contributed by atoms with E-state index >= 15 is 0 Å². The Morgan fingerprint density at radius 3 is 2.52 bits per heavy atom. The summed E-state index contributed by atoms with van der Waals surface area (Å²) in [4.78, 5) is 17.5. The molecule has 1 saturated carbocycles. The second-order valence-corrected chi connectivity index (χ2v) is 6.53. The van der Waals surface area contributed by atoms with Crippen LogP contribution in [0.15, 0.2) is 0 Å². The van der Waals surface area contributed by atoms with Crippen molar-refractivity contribution in [2.24, 2.45) is 11.1 Å². The van der Waals surface area contributed by atoms with Gasteiger partial charge in [0.05, 0.1) is 12.0 Å². The van der Waals surface area contributed by atoms with Crippen LogP contribution in [0.5, 0.6) is 0 Å². The molecule has 1 amide bonds. The van der Waals surface area contributed by atoms with Gasteiger partial charge < -0.3 is 15.4 Å². The molecule has 2 N–H and O–H groups in total. The minimum absolute atomic E-state index is 0.264. The van der Waals surface area contributed by atoms with E-state index < -0.39 is 0 Å². The Labute approximate surface area is 128 Å². The highest BCUT2D eigenvalue weighted by Crippen LogP contribution is 2.37. The molecule has 5 nitrogen and oxygen atoms in total. The molecule has 1 aliphatic heterocycles. The molecule has 0 atom stereocenters. The second kappa shape index (κ2) is 8.11. The fourth-order valence-electron chi connectivity index (χ4n) is 3.69. The molecule has 0 unspecified atom stereocenters. The largest absolute Gasteiger partial charge is 0.383 e. The summed E-state index contributed by atoms with van der Waals surface area (Å²) in [5.41, 5.74) is 5.74. The number of carbonyl (C=O) groups is 1. The third-order valence-corrected chi connectivity index (χ3v) is 5.14. The number of hydrogen-bond acceptors (Lipinski definition) is 4. The van der Waals surface area contributed by atoms with Gasteiger partial charge in [-0.1, -0.05) is 19.3 Å². The molecule has 2 fully saturated rings. The Morgan fingerprint density at radius 1 is 1.10 bits per heavy atom. The Hall–Kier alpha value is -0.650. The van der Waals surface area contributed by atoms with E-state index in [1.165, 1.54) is 6.42 Å². The first kappa shape index (κ1) is 16.7. The molecular weight excluding hydrogens is 266 g/mol. The van der Waals surface area contributed by atoms with E-state index in [-0.39, 0.29) is 5.41 Å². The molecule has 0 radical (unpaired) electrons. The molecule has 0 bridgehead atoms. The van der Waals surface area contributed by atoms with Gasteiger partial charge in [0.1, 0.15) is 0 Å². The Balaban J connectivity index is 1.92. The van der Waals surface area contributed by atoms with Gasteiger partial charge in [-0.15, -0.1) is 0 Å². The van der Waals surface area contributed by atoms with Crippen LogP contribution in [0.3, 0.4) is 0 Å². The quantitative estimate of drug-likeness (QED) is 0.825. The number of hydrogen-bond donors (Lipinski definition) is 1. The average molecular weight is 297 g/mol. The van der Waals surface area contributed by atoms with Crippen LogP contribution in [0.4, 0.5) is 0 Å². The van der Waals surface area contributed by atoms with E-state index in [0.717, 1.165) is 71.4 Å². The van der Waals surface area contributed by atoms with Crippen LogP contribution < -0.4 is 5.73 Å². The van der Waals surface area contributed by atoms with Crippen molar-refractivity contribution in [1.82, 2.24) is 9.80 Å². The summed E-state index contributed by atoms with van der Waals surface area (Å²) in [7, 11) is 1.74. The smallest absolute Gasteiger partial charge is 0.230 e. The zero-order valence-corrected chi connectivity index (χ0v) is 13.5. The van der Waals surface area contributed by atoms with Crippen molar-refractivity contribution in [3.05, 3.63) is 0 Å². The molecule has 0 aromatic rings. The monoisotopic (exact) mass is 297 g/mol. The molecular formula is C16H31N3O2. The number of nitrogens with two attached hydrogens (primary N) is 1. The predicted octanol–water partition coefficient (Wildman–Crippen LogP) is 1.08. The lowest BCUT2D eigenvalue weighted by Crippen LogP contribution is -2.50. The Bertz CT molecular complexity index is 329. The van der Waals surface area contributed by atoms with E-state index in [0.29, 0.717) is 12.5 Å². The summed E-state index contributed by atoms with van der Waals surface area (Å²) in [5, 5.41) is 0. The maximum Gasteiger partial charge on any atom is 0.230 e. The molecule has 2 rings (SSSR count). The lowest BCUT2D eigenvalue weighted by molar-refractivity contribution is -0.143. The lowest BCUT2D eigenvalue weighted by atomic mass is 9.73. The van der Waals surface area contributed by atoms with Crippen molar-refractivity contribution in [3.8, 4) is 0 Å². The first-order valence-electron chi connectivity index (χ1n) is 8.42. The van der Waals surface area contributed by atoms with Gasteiger partial charge in [-0.25, -0.2) is 0 Å². The third kappa shape index (κ3) is 4.18. The maximum atomic E-state index is 13.0. The summed E-state index contributed by atoms with van der Waals surface area (Å²) in [6, 6.07) is 0. The van der Waals surface area contributed by atoms with Crippen molar-refractivity contribution in [3.63, 3.8) is 0 Å². The zero-order chi connectivity index (χ0) is 15.1. The first-order chi connectivity index (χ1) is 10.2. The number of carbonyl (C=O) groups excluding carboxylic acids is 1. The summed E-state index contributed by atoms with van der Waals surface area (Å²) < 4.78 is 5.15. The van der Waals surface area contributed by atoms with Gasteiger partial charge in [-0.05, 0) is 25.8 Å². The van der Waals surface area contributed by atoms with Crippen molar-refractivity contribution in [1.29, 1.82) is 0 Å². The molecule has 0 aromatic carbocycles. The van der Waals surface area contributed by atoms with Gasteiger partial charge in [0.2, 0.25) is 5.91 Å². The highest BCUT2D eigenvalue weighted by atomic mass is 16.5. The van der Waals surface area contributed by atoms with Crippen LogP contribution in [0.25, 0.3) is 0 Å². The third-order valence-electron chi connectivity index (χ3n) is 5.14. The van der Waals surface area contributed by atoms with Crippen LogP contribution in [0.1, 0.15) is 38.5 Å². The van der Waals surface area contributed by atoms with Gasteiger partial charge in [-0.2, -0.15) is 0 Å². The van der Waals surface area contributed by atoms with Crippen molar-refractivity contribution < 1.29 is 9.53 Å². The predicted molar refractivity (Wildman–Crippen MR) is 84.1 cm³/mol. The van der Waals surface area contributed by atoms with E-state index in [4.69, 9.17) is 10.5 Å². The van der Waals surface area contributed by atoms with Crippen molar-refractivity contribution >= 4 is 5.91 Å². The van der Waals surface area contributed by atoms with Crippen molar-refractivity contribution in [2.75, 3.05) is 53.0 Å².